The van der Waals surface area contributed by atoms with E-state index >= 15 is 0 Å². The molecule has 0 radical (unpaired) electrons. The quantitative estimate of drug-likeness (QED) is 0.646. The van der Waals surface area contributed by atoms with E-state index in [1.807, 2.05) is 32.8 Å². The topological polar surface area (TPSA) is 32.7 Å². The molecule has 0 aliphatic heterocycles. The Labute approximate surface area is 70.0 Å². The molecule has 1 unspecified atom stereocenters. The predicted molar refractivity (Wildman–Crippen MR) is 50.2 cm³/mol. The molecular formula is C7H18N2OS. The highest BCUT2D eigenvalue weighted by atomic mass is 32.2. The van der Waals surface area contributed by atoms with Crippen LogP contribution in [0.3, 0.4) is 0 Å². The molecule has 0 aromatic rings. The van der Waals surface area contributed by atoms with Crippen LogP contribution in [-0.2, 0) is 9.73 Å². The van der Waals surface area contributed by atoms with Gasteiger partial charge in [-0.3, -0.25) is 4.90 Å². The van der Waals surface area contributed by atoms with Crippen molar-refractivity contribution in [3.05, 3.63) is 0 Å². The lowest BCUT2D eigenvalue weighted by atomic mass is 10.4. The van der Waals surface area contributed by atoms with Crippen LogP contribution < -0.4 is 0 Å². The standard InChI is InChI=1S/C7H18N2OS/c1-7(2)8-11(5,10)6-9(3)4/h7H,6H2,1-5H3. The lowest BCUT2D eigenvalue weighted by Crippen LogP contribution is -2.21. The summed E-state index contributed by atoms with van der Waals surface area (Å²) in [5.41, 5.74) is 0. The summed E-state index contributed by atoms with van der Waals surface area (Å²) in [7, 11) is 1.82. The summed E-state index contributed by atoms with van der Waals surface area (Å²) in [5.74, 6) is 0.547. The van der Waals surface area contributed by atoms with Gasteiger partial charge in [0.25, 0.3) is 0 Å². The van der Waals surface area contributed by atoms with Crippen molar-refractivity contribution in [2.75, 3.05) is 26.2 Å². The molecule has 4 heteroatoms. The maximum atomic E-state index is 11.6. The van der Waals surface area contributed by atoms with Crippen LogP contribution in [-0.4, -0.2) is 41.4 Å². The third-order valence-electron chi connectivity index (χ3n) is 0.932. The Morgan fingerprint density at radius 3 is 2.18 bits per heavy atom. The van der Waals surface area contributed by atoms with Crippen molar-refractivity contribution < 1.29 is 4.21 Å². The average Bonchev–Trinajstić information content (AvgIpc) is 1.53. The Hall–Kier alpha value is -0.0900. The molecule has 0 N–H and O–H groups in total. The van der Waals surface area contributed by atoms with E-state index in [2.05, 4.69) is 4.36 Å². The zero-order valence-electron chi connectivity index (χ0n) is 8.00. The van der Waals surface area contributed by atoms with Gasteiger partial charge in [0.05, 0.1) is 21.6 Å². The van der Waals surface area contributed by atoms with Gasteiger partial charge >= 0.3 is 0 Å². The van der Waals surface area contributed by atoms with Gasteiger partial charge in [-0.05, 0) is 27.9 Å². The molecule has 0 heterocycles. The Morgan fingerprint density at radius 1 is 1.45 bits per heavy atom. The number of hydrogen-bond acceptors (Lipinski definition) is 3. The minimum atomic E-state index is -1.98. The molecule has 0 aliphatic rings. The van der Waals surface area contributed by atoms with E-state index in [9.17, 15) is 4.21 Å². The third kappa shape index (κ3) is 6.31. The van der Waals surface area contributed by atoms with E-state index in [-0.39, 0.29) is 6.04 Å². The van der Waals surface area contributed by atoms with Crippen LogP contribution in [0.15, 0.2) is 4.36 Å². The van der Waals surface area contributed by atoms with Gasteiger partial charge in [-0.15, -0.1) is 0 Å². The highest BCUT2D eigenvalue weighted by Gasteiger charge is 2.03. The van der Waals surface area contributed by atoms with Gasteiger partial charge < -0.3 is 0 Å². The first-order chi connectivity index (χ1) is 4.83. The molecule has 0 aromatic carbocycles. The van der Waals surface area contributed by atoms with Crippen LogP contribution in [0.1, 0.15) is 13.8 Å². The summed E-state index contributed by atoms with van der Waals surface area (Å²) in [6.07, 6.45) is 1.70. The van der Waals surface area contributed by atoms with Crippen molar-refractivity contribution in [3.63, 3.8) is 0 Å². The van der Waals surface area contributed by atoms with E-state index in [4.69, 9.17) is 0 Å². The second kappa shape index (κ2) is 4.07. The van der Waals surface area contributed by atoms with Crippen molar-refractivity contribution in [2.45, 2.75) is 19.9 Å². The van der Waals surface area contributed by atoms with Gasteiger partial charge in [-0.2, -0.15) is 0 Å². The highest BCUT2D eigenvalue weighted by molar-refractivity contribution is 7.92. The summed E-state index contributed by atoms with van der Waals surface area (Å²) in [6.45, 7) is 3.89. The molecule has 0 fully saturated rings. The molecule has 0 saturated carbocycles. The van der Waals surface area contributed by atoms with Crippen LogP contribution in [0.2, 0.25) is 0 Å². The van der Waals surface area contributed by atoms with Crippen molar-refractivity contribution >= 4 is 9.73 Å². The molecule has 0 aromatic heterocycles. The van der Waals surface area contributed by atoms with Crippen LogP contribution in [0.5, 0.6) is 0 Å². The maximum Gasteiger partial charge on any atom is 0.0823 e. The minimum absolute atomic E-state index is 0.160. The summed E-state index contributed by atoms with van der Waals surface area (Å²) in [5, 5.41) is 0. The highest BCUT2D eigenvalue weighted by Crippen LogP contribution is 1.97. The first-order valence-corrected chi connectivity index (χ1v) is 5.76. The van der Waals surface area contributed by atoms with Gasteiger partial charge in [0.2, 0.25) is 0 Å². The summed E-state index contributed by atoms with van der Waals surface area (Å²) >= 11 is 0. The van der Waals surface area contributed by atoms with Gasteiger partial charge in [-0.1, -0.05) is 0 Å². The first kappa shape index (κ1) is 10.9. The van der Waals surface area contributed by atoms with Gasteiger partial charge in [0.15, 0.2) is 0 Å². The van der Waals surface area contributed by atoms with Crippen molar-refractivity contribution in [2.24, 2.45) is 4.36 Å². The number of hydrogen-bond donors (Lipinski definition) is 0. The molecule has 3 nitrogen and oxygen atoms in total. The Kier molecular flexibility index (Phi) is 4.03. The summed E-state index contributed by atoms with van der Waals surface area (Å²) in [4.78, 5) is 1.90. The zero-order valence-corrected chi connectivity index (χ0v) is 8.81. The maximum absolute atomic E-state index is 11.6. The largest absolute Gasteiger partial charge is 0.297 e. The normalized spacial score (nSPS) is 17.0. The van der Waals surface area contributed by atoms with Crippen LogP contribution in [0.4, 0.5) is 0 Å². The second-order valence-electron chi connectivity index (χ2n) is 3.37. The van der Waals surface area contributed by atoms with Gasteiger partial charge in [-0.25, -0.2) is 8.57 Å². The van der Waals surface area contributed by atoms with E-state index in [1.165, 1.54) is 0 Å². The molecule has 0 aliphatic carbocycles. The van der Waals surface area contributed by atoms with Gasteiger partial charge in [0, 0.05) is 6.26 Å². The monoisotopic (exact) mass is 178 g/mol. The minimum Gasteiger partial charge on any atom is -0.297 e. The number of rotatable bonds is 3. The molecule has 0 rings (SSSR count). The van der Waals surface area contributed by atoms with E-state index in [0.717, 1.165) is 0 Å². The zero-order chi connectivity index (χ0) is 9.07. The SMILES string of the molecule is CC(C)N=S(C)(=O)CN(C)C. The Bertz CT molecular complexity index is 214. The Balaban J connectivity index is 4.34. The van der Waals surface area contributed by atoms with E-state index in [0.29, 0.717) is 5.88 Å². The molecule has 0 spiro atoms. The van der Waals surface area contributed by atoms with Crippen LogP contribution in [0, 0.1) is 0 Å². The van der Waals surface area contributed by atoms with Crippen LogP contribution in [0.25, 0.3) is 0 Å². The summed E-state index contributed by atoms with van der Waals surface area (Å²) in [6, 6.07) is 0.160. The lowest BCUT2D eigenvalue weighted by Gasteiger charge is -2.11. The smallest absolute Gasteiger partial charge is 0.0823 e. The molecule has 0 saturated heterocycles. The molecule has 0 bridgehead atoms. The van der Waals surface area contributed by atoms with Crippen molar-refractivity contribution in [3.8, 4) is 0 Å². The molecular weight excluding hydrogens is 160 g/mol. The second-order valence-corrected chi connectivity index (χ2v) is 5.76. The fourth-order valence-electron chi connectivity index (χ4n) is 0.958. The molecule has 1 atom stereocenters. The Morgan fingerprint density at radius 2 is 1.91 bits per heavy atom. The van der Waals surface area contributed by atoms with E-state index < -0.39 is 9.73 Å². The fraction of sp³-hybridized carbons (Fsp3) is 1.00. The van der Waals surface area contributed by atoms with Crippen LogP contribution >= 0.6 is 0 Å². The van der Waals surface area contributed by atoms with Crippen molar-refractivity contribution in [1.82, 2.24) is 4.90 Å². The van der Waals surface area contributed by atoms with Crippen molar-refractivity contribution in [1.29, 1.82) is 0 Å². The third-order valence-corrected chi connectivity index (χ3v) is 2.79. The average molecular weight is 178 g/mol. The summed E-state index contributed by atoms with van der Waals surface area (Å²) < 4.78 is 15.7. The molecule has 11 heavy (non-hydrogen) atoms. The first-order valence-electron chi connectivity index (χ1n) is 3.67. The van der Waals surface area contributed by atoms with Gasteiger partial charge in [0.1, 0.15) is 0 Å². The van der Waals surface area contributed by atoms with E-state index in [1.54, 1.807) is 6.26 Å². The molecule has 0 amide bonds. The predicted octanol–water partition coefficient (Wildman–Crippen LogP) is 1.01. The fourth-order valence-corrected chi connectivity index (χ4v) is 2.88. The molecule has 68 valence electrons. The number of nitrogens with zero attached hydrogens (tertiary/aromatic N) is 2. The lowest BCUT2D eigenvalue weighted by molar-refractivity contribution is 0.475.